The number of carbonyl (C=O) groups is 1. The molecule has 14 heavy (non-hydrogen) atoms. The van der Waals surface area contributed by atoms with Crippen molar-refractivity contribution in [1.82, 2.24) is 0 Å². The van der Waals surface area contributed by atoms with Gasteiger partial charge >= 0.3 is 0 Å². The predicted octanol–water partition coefficient (Wildman–Crippen LogP) is 3.39. The second-order valence-electron chi connectivity index (χ2n) is 4.31. The van der Waals surface area contributed by atoms with Crippen molar-refractivity contribution in [1.29, 1.82) is 0 Å². The molecule has 2 rings (SSSR count). The average molecular weight is 192 g/mol. The first-order valence-electron chi connectivity index (χ1n) is 5.34. The Kier molecular flexibility index (Phi) is 2.71. The van der Waals surface area contributed by atoms with E-state index in [-0.39, 0.29) is 0 Å². The van der Waals surface area contributed by atoms with Gasteiger partial charge in [0.25, 0.3) is 0 Å². The lowest BCUT2D eigenvalue weighted by atomic mass is 9.82. The van der Waals surface area contributed by atoms with Gasteiger partial charge in [-0.15, -0.1) is 0 Å². The quantitative estimate of drug-likeness (QED) is 0.672. The van der Waals surface area contributed by atoms with Crippen molar-refractivity contribution in [2.24, 2.45) is 5.92 Å². The van der Waals surface area contributed by atoms with Crippen LogP contribution >= 0.6 is 0 Å². The van der Waals surface area contributed by atoms with Crippen molar-refractivity contribution in [3.8, 4) is 0 Å². The summed E-state index contributed by atoms with van der Waals surface area (Å²) in [6.07, 6.45) is 5.73. The Morgan fingerprint density at radius 1 is 1.29 bits per heavy atom. The molecule has 2 nitrogen and oxygen atoms in total. The monoisotopic (exact) mass is 192 g/mol. The molecule has 0 amide bonds. The first-order chi connectivity index (χ1) is 6.79. The molecule has 1 saturated carbocycles. The Hall–Kier alpha value is -1.05. The van der Waals surface area contributed by atoms with Gasteiger partial charge in [-0.25, -0.2) is 0 Å². The Bertz CT molecular complexity index is 306. The zero-order valence-electron chi connectivity index (χ0n) is 8.53. The highest BCUT2D eigenvalue weighted by atomic mass is 16.3. The van der Waals surface area contributed by atoms with Crippen LogP contribution in [0.4, 0.5) is 0 Å². The maximum absolute atomic E-state index is 10.5. The van der Waals surface area contributed by atoms with Gasteiger partial charge in [0.2, 0.25) is 0 Å². The van der Waals surface area contributed by atoms with E-state index in [0.29, 0.717) is 11.7 Å². The fourth-order valence-electron chi connectivity index (χ4n) is 2.20. The molecule has 1 aliphatic rings. The summed E-state index contributed by atoms with van der Waals surface area (Å²) in [5.41, 5.74) is 0. The summed E-state index contributed by atoms with van der Waals surface area (Å²) >= 11 is 0. The van der Waals surface area contributed by atoms with Crippen molar-refractivity contribution >= 4 is 6.29 Å². The average Bonchev–Trinajstić information content (AvgIpc) is 2.67. The molecular weight excluding hydrogens is 176 g/mol. The minimum atomic E-state index is 0.457. The van der Waals surface area contributed by atoms with Gasteiger partial charge in [0, 0.05) is 5.92 Å². The summed E-state index contributed by atoms with van der Waals surface area (Å²) in [5, 5.41) is 0. The predicted molar refractivity (Wildman–Crippen MR) is 54.5 cm³/mol. The van der Waals surface area contributed by atoms with E-state index in [2.05, 4.69) is 6.92 Å². The molecule has 0 saturated heterocycles. The molecular formula is C12H16O2. The third-order valence-corrected chi connectivity index (χ3v) is 3.18. The molecule has 0 atom stereocenters. The molecule has 1 aromatic rings. The minimum Gasteiger partial charge on any atom is -0.458 e. The van der Waals surface area contributed by atoms with Gasteiger partial charge in [-0.1, -0.05) is 19.8 Å². The molecule has 76 valence electrons. The van der Waals surface area contributed by atoms with Gasteiger partial charge in [-0.05, 0) is 30.9 Å². The highest BCUT2D eigenvalue weighted by Crippen LogP contribution is 2.35. The van der Waals surface area contributed by atoms with E-state index in [1.54, 1.807) is 6.07 Å². The number of carbonyl (C=O) groups excluding carboxylic acids is 1. The lowest BCUT2D eigenvalue weighted by Gasteiger charge is -2.24. The zero-order valence-corrected chi connectivity index (χ0v) is 8.53. The zero-order chi connectivity index (χ0) is 9.97. The molecule has 0 aliphatic heterocycles. The molecule has 0 aromatic carbocycles. The van der Waals surface area contributed by atoms with Crippen LogP contribution in [-0.2, 0) is 0 Å². The van der Waals surface area contributed by atoms with E-state index in [1.807, 2.05) is 6.07 Å². The summed E-state index contributed by atoms with van der Waals surface area (Å²) in [6, 6.07) is 3.71. The Morgan fingerprint density at radius 2 is 2.00 bits per heavy atom. The highest BCUT2D eigenvalue weighted by Gasteiger charge is 2.21. The number of hydrogen-bond acceptors (Lipinski definition) is 2. The van der Waals surface area contributed by atoms with E-state index in [4.69, 9.17) is 4.42 Å². The summed E-state index contributed by atoms with van der Waals surface area (Å²) in [7, 11) is 0. The van der Waals surface area contributed by atoms with E-state index >= 15 is 0 Å². The van der Waals surface area contributed by atoms with Crippen LogP contribution in [0.25, 0.3) is 0 Å². The Balaban J connectivity index is 2.04. The van der Waals surface area contributed by atoms with Crippen LogP contribution in [0.3, 0.4) is 0 Å². The molecule has 0 spiro atoms. The van der Waals surface area contributed by atoms with Gasteiger partial charge in [-0.2, -0.15) is 0 Å². The van der Waals surface area contributed by atoms with Crippen molar-refractivity contribution < 1.29 is 9.21 Å². The molecule has 2 heteroatoms. The number of aldehydes is 1. The second kappa shape index (κ2) is 3.99. The fourth-order valence-corrected chi connectivity index (χ4v) is 2.20. The first-order valence-corrected chi connectivity index (χ1v) is 5.34. The van der Waals surface area contributed by atoms with Crippen LogP contribution in [0.1, 0.15) is 54.8 Å². The summed E-state index contributed by atoms with van der Waals surface area (Å²) in [6.45, 7) is 2.30. The highest BCUT2D eigenvalue weighted by molar-refractivity contribution is 5.70. The molecule has 1 heterocycles. The molecule has 1 aliphatic carbocycles. The Morgan fingerprint density at radius 3 is 2.57 bits per heavy atom. The van der Waals surface area contributed by atoms with E-state index in [1.165, 1.54) is 25.7 Å². The molecule has 1 aromatic heterocycles. The summed E-state index contributed by atoms with van der Waals surface area (Å²) in [5.74, 6) is 2.85. The van der Waals surface area contributed by atoms with Crippen molar-refractivity contribution in [2.45, 2.75) is 38.5 Å². The molecule has 1 fully saturated rings. The van der Waals surface area contributed by atoms with Crippen LogP contribution in [0.15, 0.2) is 16.5 Å². The smallest absolute Gasteiger partial charge is 0.185 e. The maximum Gasteiger partial charge on any atom is 0.185 e. The normalized spacial score (nSPS) is 27.5. The van der Waals surface area contributed by atoms with Gasteiger partial charge < -0.3 is 4.42 Å². The lowest BCUT2D eigenvalue weighted by Crippen LogP contribution is -2.10. The van der Waals surface area contributed by atoms with E-state index < -0.39 is 0 Å². The Labute approximate surface area is 84.3 Å². The fraction of sp³-hybridized carbons (Fsp3) is 0.583. The van der Waals surface area contributed by atoms with Crippen molar-refractivity contribution in [2.75, 3.05) is 0 Å². The van der Waals surface area contributed by atoms with Crippen molar-refractivity contribution in [3.63, 3.8) is 0 Å². The molecule has 0 radical (unpaired) electrons. The molecule has 0 bridgehead atoms. The second-order valence-corrected chi connectivity index (χ2v) is 4.31. The van der Waals surface area contributed by atoms with E-state index in [9.17, 15) is 4.79 Å². The molecule has 0 N–H and O–H groups in total. The van der Waals surface area contributed by atoms with Crippen LogP contribution < -0.4 is 0 Å². The van der Waals surface area contributed by atoms with Gasteiger partial charge in [0.05, 0.1) is 0 Å². The van der Waals surface area contributed by atoms with Crippen LogP contribution in [-0.4, -0.2) is 6.29 Å². The first kappa shape index (κ1) is 9.50. The standard InChI is InChI=1S/C12H16O2/c1-9-2-4-10(5-3-9)12-7-6-11(8-13)14-12/h6-10H,2-5H2,1H3. The molecule has 0 unspecified atom stereocenters. The van der Waals surface area contributed by atoms with Crippen LogP contribution in [0.5, 0.6) is 0 Å². The third-order valence-electron chi connectivity index (χ3n) is 3.18. The lowest BCUT2D eigenvalue weighted by molar-refractivity contribution is 0.109. The third kappa shape index (κ3) is 1.89. The minimum absolute atomic E-state index is 0.457. The summed E-state index contributed by atoms with van der Waals surface area (Å²) in [4.78, 5) is 10.5. The SMILES string of the molecule is CC1CCC(c2ccc(C=O)o2)CC1. The van der Waals surface area contributed by atoms with Gasteiger partial charge in [-0.3, -0.25) is 4.79 Å². The van der Waals surface area contributed by atoms with Crippen molar-refractivity contribution in [3.05, 3.63) is 23.7 Å². The van der Waals surface area contributed by atoms with Gasteiger partial charge in [0.15, 0.2) is 12.0 Å². The number of furan rings is 1. The van der Waals surface area contributed by atoms with Crippen LogP contribution in [0, 0.1) is 5.92 Å². The number of hydrogen-bond donors (Lipinski definition) is 0. The topological polar surface area (TPSA) is 30.2 Å². The summed E-state index contributed by atoms with van der Waals surface area (Å²) < 4.78 is 5.44. The largest absolute Gasteiger partial charge is 0.458 e. The maximum atomic E-state index is 10.5. The van der Waals surface area contributed by atoms with Gasteiger partial charge in [0.1, 0.15) is 5.76 Å². The number of rotatable bonds is 2. The van der Waals surface area contributed by atoms with Crippen LogP contribution in [0.2, 0.25) is 0 Å². The van der Waals surface area contributed by atoms with E-state index in [0.717, 1.165) is 18.0 Å².